The number of aromatic nitrogens is 2. The molecule has 12 heteroatoms. The number of piperidine rings is 1. The van der Waals surface area contributed by atoms with E-state index in [-0.39, 0.29) is 21.8 Å². The number of piperazine rings is 1. The van der Waals surface area contributed by atoms with Crippen LogP contribution >= 0.6 is 11.6 Å². The Bertz CT molecular complexity index is 1810. The van der Waals surface area contributed by atoms with Crippen molar-refractivity contribution in [2.24, 2.45) is 0 Å². The van der Waals surface area contributed by atoms with E-state index in [0.717, 1.165) is 43.0 Å². The standard InChI is InChI=1S/C32H36ClN5O5S/c1-34-16-14-25(15-17-34)35-18-20-36(21-19-35)31(39)30(23-6-4-3-5-7-23)37-29-22-24(33)8-13-28(29)38(32(37)40)44(41,42)27-11-9-26(43-2)10-12-27/h3-13,22,25,30H,14-21H2,1-2H3. The number of imidazole rings is 1. The molecule has 0 saturated carbocycles. The lowest BCUT2D eigenvalue weighted by atomic mass is 10.0. The Hall–Kier alpha value is -3.64. The van der Waals surface area contributed by atoms with E-state index in [4.69, 9.17) is 16.3 Å². The fourth-order valence-corrected chi connectivity index (χ4v) is 7.94. The third-order valence-electron chi connectivity index (χ3n) is 8.83. The summed E-state index contributed by atoms with van der Waals surface area (Å²) in [6, 6.07) is 18.8. The molecule has 3 aromatic carbocycles. The lowest BCUT2D eigenvalue weighted by Crippen LogP contribution is -2.55. The van der Waals surface area contributed by atoms with Crippen molar-refractivity contribution in [3.8, 4) is 5.75 Å². The fourth-order valence-electron chi connectivity index (χ4n) is 6.38. The summed E-state index contributed by atoms with van der Waals surface area (Å²) < 4.78 is 35.2. The second kappa shape index (κ2) is 12.4. The Morgan fingerprint density at radius 1 is 0.886 bits per heavy atom. The molecule has 0 aliphatic carbocycles. The normalized spacial score (nSPS) is 18.0. The third-order valence-corrected chi connectivity index (χ3v) is 10.8. The van der Waals surface area contributed by atoms with Gasteiger partial charge in [-0.15, -0.1) is 0 Å². The average Bonchev–Trinajstić information content (AvgIpc) is 3.33. The Morgan fingerprint density at radius 3 is 2.18 bits per heavy atom. The summed E-state index contributed by atoms with van der Waals surface area (Å²) in [5.41, 5.74) is 0.131. The Morgan fingerprint density at radius 2 is 1.55 bits per heavy atom. The van der Waals surface area contributed by atoms with Gasteiger partial charge in [-0.1, -0.05) is 41.9 Å². The van der Waals surface area contributed by atoms with Gasteiger partial charge in [-0.05, 0) is 81.0 Å². The maximum absolute atomic E-state index is 14.4. The summed E-state index contributed by atoms with van der Waals surface area (Å²) >= 11 is 6.40. The van der Waals surface area contributed by atoms with Gasteiger partial charge in [0.2, 0.25) is 0 Å². The van der Waals surface area contributed by atoms with Gasteiger partial charge in [0.1, 0.15) is 11.8 Å². The topological polar surface area (TPSA) is 97.1 Å². The van der Waals surface area contributed by atoms with Crippen LogP contribution < -0.4 is 10.4 Å². The van der Waals surface area contributed by atoms with Gasteiger partial charge in [-0.3, -0.25) is 14.3 Å². The first-order valence-electron chi connectivity index (χ1n) is 14.8. The van der Waals surface area contributed by atoms with Crippen LogP contribution in [0.1, 0.15) is 24.4 Å². The fraction of sp³-hybridized carbons (Fsp3) is 0.375. The second-order valence-electron chi connectivity index (χ2n) is 11.4. The molecule has 10 nitrogen and oxygen atoms in total. The monoisotopic (exact) mass is 637 g/mol. The summed E-state index contributed by atoms with van der Waals surface area (Å²) in [6.07, 6.45) is 2.21. The molecule has 1 atom stereocenters. The number of hydrogen-bond acceptors (Lipinski definition) is 7. The van der Waals surface area contributed by atoms with Crippen LogP contribution in [0.15, 0.2) is 82.5 Å². The van der Waals surface area contributed by atoms with Crippen LogP contribution in [0, 0.1) is 0 Å². The molecule has 1 aromatic heterocycles. The van der Waals surface area contributed by atoms with Gasteiger partial charge in [0, 0.05) is 37.2 Å². The maximum Gasteiger partial charge on any atom is 0.344 e. The number of nitrogens with zero attached hydrogens (tertiary/aromatic N) is 5. The molecular formula is C32H36ClN5O5S. The minimum absolute atomic E-state index is 0.0815. The van der Waals surface area contributed by atoms with Crippen LogP contribution in [0.25, 0.3) is 11.0 Å². The van der Waals surface area contributed by atoms with Crippen LogP contribution in [-0.2, 0) is 14.8 Å². The molecule has 2 saturated heterocycles. The van der Waals surface area contributed by atoms with Crippen molar-refractivity contribution in [2.75, 3.05) is 53.4 Å². The molecule has 0 N–H and O–H groups in total. The zero-order chi connectivity index (χ0) is 31.0. The zero-order valence-electron chi connectivity index (χ0n) is 24.8. The van der Waals surface area contributed by atoms with Gasteiger partial charge in [0.25, 0.3) is 15.9 Å². The third kappa shape index (κ3) is 5.65. The highest BCUT2D eigenvalue weighted by atomic mass is 35.5. The van der Waals surface area contributed by atoms with E-state index < -0.39 is 21.8 Å². The smallest absolute Gasteiger partial charge is 0.344 e. The van der Waals surface area contributed by atoms with Crippen LogP contribution in [0.2, 0.25) is 5.02 Å². The van der Waals surface area contributed by atoms with Crippen LogP contribution in [0.5, 0.6) is 5.75 Å². The largest absolute Gasteiger partial charge is 0.497 e. The van der Waals surface area contributed by atoms with Crippen molar-refractivity contribution in [3.63, 3.8) is 0 Å². The molecule has 2 aliphatic heterocycles. The van der Waals surface area contributed by atoms with Crippen molar-refractivity contribution < 1.29 is 17.9 Å². The summed E-state index contributed by atoms with van der Waals surface area (Å²) in [6.45, 7) is 4.66. The molecule has 6 rings (SSSR count). The molecule has 2 aliphatic rings. The number of likely N-dealkylation sites (tertiary alicyclic amines) is 1. The predicted octanol–water partition coefficient (Wildman–Crippen LogP) is 3.53. The molecular weight excluding hydrogens is 602 g/mol. The van der Waals surface area contributed by atoms with Gasteiger partial charge in [0.05, 0.1) is 23.0 Å². The zero-order valence-corrected chi connectivity index (χ0v) is 26.4. The van der Waals surface area contributed by atoms with Gasteiger partial charge in [0.15, 0.2) is 0 Å². The Kier molecular flexibility index (Phi) is 8.56. The first-order valence-corrected chi connectivity index (χ1v) is 16.6. The van der Waals surface area contributed by atoms with E-state index in [1.165, 1.54) is 48.1 Å². The number of carbonyl (C=O) groups is 1. The summed E-state index contributed by atoms with van der Waals surface area (Å²) in [4.78, 5) is 35.3. The number of ether oxygens (including phenoxy) is 1. The number of rotatable bonds is 7. The minimum atomic E-state index is -4.35. The molecule has 0 spiro atoms. The first-order chi connectivity index (χ1) is 21.2. The molecule has 1 amide bonds. The van der Waals surface area contributed by atoms with E-state index in [1.54, 1.807) is 35.2 Å². The van der Waals surface area contributed by atoms with Gasteiger partial charge < -0.3 is 14.5 Å². The molecule has 1 unspecified atom stereocenters. The van der Waals surface area contributed by atoms with E-state index in [0.29, 0.717) is 35.5 Å². The van der Waals surface area contributed by atoms with E-state index in [1.807, 2.05) is 6.07 Å². The molecule has 44 heavy (non-hydrogen) atoms. The molecule has 3 heterocycles. The van der Waals surface area contributed by atoms with Crippen LogP contribution in [0.4, 0.5) is 0 Å². The van der Waals surface area contributed by atoms with E-state index in [2.05, 4.69) is 16.8 Å². The SMILES string of the molecule is COc1ccc(S(=O)(=O)n2c(=O)n(C(C(=O)N3CCN(C4CCN(C)CC4)CC3)c3ccccc3)c3cc(Cl)ccc32)cc1. The molecule has 2 fully saturated rings. The molecule has 0 radical (unpaired) electrons. The average molecular weight is 638 g/mol. The maximum atomic E-state index is 14.4. The van der Waals surface area contributed by atoms with E-state index in [9.17, 15) is 18.0 Å². The summed E-state index contributed by atoms with van der Waals surface area (Å²) in [5.74, 6) is 0.221. The quantitative estimate of drug-likeness (QED) is 0.306. The number of amides is 1. The number of carbonyl (C=O) groups excluding carboxylic acids is 1. The lowest BCUT2D eigenvalue weighted by molar-refractivity contribution is -0.135. The van der Waals surface area contributed by atoms with Crippen molar-refractivity contribution in [2.45, 2.75) is 29.8 Å². The second-order valence-corrected chi connectivity index (χ2v) is 13.7. The summed E-state index contributed by atoms with van der Waals surface area (Å²) in [5, 5.41) is 0.316. The minimum Gasteiger partial charge on any atom is -0.497 e. The number of benzene rings is 3. The molecule has 4 aromatic rings. The highest BCUT2D eigenvalue weighted by Crippen LogP contribution is 2.30. The van der Waals surface area contributed by atoms with Crippen LogP contribution in [0.3, 0.4) is 0 Å². The molecule has 232 valence electrons. The van der Waals surface area contributed by atoms with Crippen molar-refractivity contribution in [3.05, 3.63) is 93.9 Å². The Balaban J connectivity index is 1.42. The van der Waals surface area contributed by atoms with Crippen molar-refractivity contribution in [1.82, 2.24) is 23.2 Å². The lowest BCUT2D eigenvalue weighted by Gasteiger charge is -2.42. The van der Waals surface area contributed by atoms with Crippen molar-refractivity contribution in [1.29, 1.82) is 0 Å². The van der Waals surface area contributed by atoms with Crippen LogP contribution in [-0.4, -0.2) is 97.0 Å². The highest BCUT2D eigenvalue weighted by Gasteiger charge is 2.36. The van der Waals surface area contributed by atoms with Crippen molar-refractivity contribution >= 4 is 38.6 Å². The summed E-state index contributed by atoms with van der Waals surface area (Å²) in [7, 11) is -0.723. The number of fused-ring (bicyclic) bond motifs is 1. The number of methoxy groups -OCH3 is 1. The van der Waals surface area contributed by atoms with Gasteiger partial charge in [-0.2, -0.15) is 3.97 Å². The predicted molar refractivity (Wildman–Crippen MR) is 170 cm³/mol. The molecule has 0 bridgehead atoms. The van der Waals surface area contributed by atoms with E-state index >= 15 is 0 Å². The highest BCUT2D eigenvalue weighted by molar-refractivity contribution is 7.90. The number of halogens is 1. The number of hydrogen-bond donors (Lipinski definition) is 0. The first kappa shape index (κ1) is 30.4. The van der Waals surface area contributed by atoms with Gasteiger partial charge >= 0.3 is 5.69 Å². The van der Waals surface area contributed by atoms with Gasteiger partial charge in [-0.25, -0.2) is 13.2 Å². The Labute approximate surface area is 262 Å².